The van der Waals surface area contributed by atoms with Crippen molar-refractivity contribution >= 4 is 11.6 Å². The second kappa shape index (κ2) is 7.41. The van der Waals surface area contributed by atoms with E-state index in [0.717, 1.165) is 25.2 Å². The lowest BCUT2D eigenvalue weighted by atomic mass is 10.2. The second-order valence-electron chi connectivity index (χ2n) is 5.96. The van der Waals surface area contributed by atoms with Gasteiger partial charge in [-0.1, -0.05) is 0 Å². The van der Waals surface area contributed by atoms with Crippen LogP contribution in [0.3, 0.4) is 0 Å². The minimum atomic E-state index is 0.0487. The third kappa shape index (κ3) is 4.43. The molecule has 1 aromatic heterocycles. The number of carbonyl (C=O) groups is 1. The van der Waals surface area contributed by atoms with Gasteiger partial charge >= 0.3 is 0 Å². The number of carbonyl (C=O) groups excluding carboxylic acids is 1. The molecule has 116 valence electrons. The van der Waals surface area contributed by atoms with Crippen LogP contribution < -0.4 is 4.90 Å². The summed E-state index contributed by atoms with van der Waals surface area (Å²) in [7, 11) is 5.77. The number of hydrogen-bond donors (Lipinski definition) is 0. The topological polar surface area (TPSA) is 39.7 Å². The molecular weight excluding hydrogens is 264 g/mol. The van der Waals surface area contributed by atoms with Crippen molar-refractivity contribution in [1.29, 1.82) is 0 Å². The number of hydrogen-bond acceptors (Lipinski definition) is 4. The van der Waals surface area contributed by atoms with Gasteiger partial charge in [0.05, 0.1) is 17.4 Å². The Morgan fingerprint density at radius 2 is 1.95 bits per heavy atom. The summed E-state index contributed by atoms with van der Waals surface area (Å²) in [5, 5.41) is 0. The lowest BCUT2D eigenvalue weighted by molar-refractivity contribution is 0.0789. The zero-order valence-corrected chi connectivity index (χ0v) is 13.4. The summed E-state index contributed by atoms with van der Waals surface area (Å²) < 4.78 is 0. The third-order valence-corrected chi connectivity index (χ3v) is 4.00. The van der Waals surface area contributed by atoms with Crippen LogP contribution in [0.25, 0.3) is 0 Å². The summed E-state index contributed by atoms with van der Waals surface area (Å²) in [6.07, 6.45) is 7.08. The molecule has 1 aromatic rings. The molecule has 1 aliphatic heterocycles. The molecule has 1 saturated heterocycles. The van der Waals surface area contributed by atoms with Crippen molar-refractivity contribution in [2.24, 2.45) is 0 Å². The molecule has 0 spiro atoms. The molecule has 1 amide bonds. The molecule has 5 heteroatoms. The minimum Gasteiger partial charge on any atom is -0.376 e. The van der Waals surface area contributed by atoms with Gasteiger partial charge in [0.25, 0.3) is 5.91 Å². The van der Waals surface area contributed by atoms with Gasteiger partial charge in [-0.2, -0.15) is 0 Å². The first-order valence-electron chi connectivity index (χ1n) is 7.68. The van der Waals surface area contributed by atoms with Crippen molar-refractivity contribution < 1.29 is 4.79 Å². The van der Waals surface area contributed by atoms with Crippen molar-refractivity contribution in [1.82, 2.24) is 14.8 Å². The first-order chi connectivity index (χ1) is 10.1. The van der Waals surface area contributed by atoms with Gasteiger partial charge in [-0.3, -0.25) is 9.78 Å². The zero-order chi connectivity index (χ0) is 15.2. The van der Waals surface area contributed by atoms with Crippen LogP contribution in [-0.2, 0) is 0 Å². The summed E-state index contributed by atoms with van der Waals surface area (Å²) in [5.74, 6) is 0.0487. The van der Waals surface area contributed by atoms with Crippen LogP contribution in [-0.4, -0.2) is 68.0 Å². The highest BCUT2D eigenvalue weighted by Crippen LogP contribution is 2.13. The third-order valence-electron chi connectivity index (χ3n) is 4.00. The number of rotatable bonds is 6. The molecule has 0 atom stereocenters. The Morgan fingerprint density at radius 1 is 1.24 bits per heavy atom. The summed E-state index contributed by atoms with van der Waals surface area (Å²) in [5.41, 5.74) is 1.61. The van der Waals surface area contributed by atoms with Gasteiger partial charge in [-0.15, -0.1) is 0 Å². The molecule has 0 saturated carbocycles. The smallest absolute Gasteiger partial charge is 0.255 e. The van der Waals surface area contributed by atoms with Crippen molar-refractivity contribution in [3.8, 4) is 0 Å². The summed E-state index contributed by atoms with van der Waals surface area (Å²) in [6.45, 7) is 4.31. The van der Waals surface area contributed by atoms with Crippen LogP contribution in [0.4, 0.5) is 5.69 Å². The monoisotopic (exact) mass is 290 g/mol. The molecule has 1 aliphatic rings. The lowest BCUT2D eigenvalue weighted by Crippen LogP contribution is -2.31. The molecule has 2 heterocycles. The van der Waals surface area contributed by atoms with Crippen LogP contribution in [0, 0.1) is 0 Å². The maximum atomic E-state index is 12.4. The number of pyridine rings is 1. The van der Waals surface area contributed by atoms with E-state index >= 15 is 0 Å². The van der Waals surface area contributed by atoms with E-state index in [1.807, 2.05) is 32.1 Å². The van der Waals surface area contributed by atoms with Gasteiger partial charge in [0.1, 0.15) is 0 Å². The van der Waals surface area contributed by atoms with Crippen molar-refractivity contribution in [2.45, 2.75) is 19.3 Å². The van der Waals surface area contributed by atoms with Gasteiger partial charge in [0.15, 0.2) is 0 Å². The molecule has 2 rings (SSSR count). The predicted molar refractivity (Wildman–Crippen MR) is 85.8 cm³/mol. The molecule has 0 unspecified atom stereocenters. The Labute approximate surface area is 127 Å². The molecule has 21 heavy (non-hydrogen) atoms. The van der Waals surface area contributed by atoms with E-state index < -0.39 is 0 Å². The normalized spacial score (nSPS) is 15.2. The Balaban J connectivity index is 1.84. The average Bonchev–Trinajstić information content (AvgIpc) is 2.99. The molecule has 5 nitrogen and oxygen atoms in total. The Hall–Kier alpha value is -1.62. The van der Waals surface area contributed by atoms with Gasteiger partial charge in [-0.05, 0) is 45.0 Å². The molecule has 1 fully saturated rings. The number of aromatic nitrogens is 1. The molecule has 0 bridgehead atoms. The van der Waals surface area contributed by atoms with E-state index in [9.17, 15) is 4.79 Å². The fraction of sp³-hybridized carbons (Fsp3) is 0.625. The maximum Gasteiger partial charge on any atom is 0.255 e. The molecule has 0 N–H and O–H groups in total. The van der Waals surface area contributed by atoms with Crippen LogP contribution in [0.5, 0.6) is 0 Å². The molecule has 0 radical (unpaired) electrons. The fourth-order valence-electron chi connectivity index (χ4n) is 2.65. The Kier molecular flexibility index (Phi) is 5.56. The zero-order valence-electron chi connectivity index (χ0n) is 13.4. The fourth-order valence-corrected chi connectivity index (χ4v) is 2.65. The average molecular weight is 290 g/mol. The van der Waals surface area contributed by atoms with E-state index in [1.165, 1.54) is 25.9 Å². The van der Waals surface area contributed by atoms with Crippen molar-refractivity contribution in [3.05, 3.63) is 24.0 Å². The first-order valence-corrected chi connectivity index (χ1v) is 7.68. The standard InChI is InChI=1S/C16H26N4O/c1-18(2)15-11-14(12-17-13-15)16(21)19(3)7-6-10-20-8-4-5-9-20/h11-13H,4-10H2,1-3H3. The second-order valence-corrected chi connectivity index (χ2v) is 5.96. The van der Waals surface area contributed by atoms with E-state index in [4.69, 9.17) is 0 Å². The van der Waals surface area contributed by atoms with Crippen LogP contribution >= 0.6 is 0 Å². The lowest BCUT2D eigenvalue weighted by Gasteiger charge is -2.20. The highest BCUT2D eigenvalue weighted by molar-refractivity contribution is 5.94. The van der Waals surface area contributed by atoms with Gasteiger partial charge in [0.2, 0.25) is 0 Å². The van der Waals surface area contributed by atoms with Crippen molar-refractivity contribution in [3.63, 3.8) is 0 Å². The Morgan fingerprint density at radius 3 is 2.62 bits per heavy atom. The summed E-state index contributed by atoms with van der Waals surface area (Å²) in [4.78, 5) is 22.8. The van der Waals surface area contributed by atoms with E-state index in [0.29, 0.717) is 5.56 Å². The predicted octanol–water partition coefficient (Wildman–Crippen LogP) is 1.71. The van der Waals surface area contributed by atoms with Crippen molar-refractivity contribution in [2.75, 3.05) is 52.2 Å². The number of nitrogens with zero attached hydrogens (tertiary/aromatic N) is 4. The quantitative estimate of drug-likeness (QED) is 0.799. The highest BCUT2D eigenvalue weighted by Gasteiger charge is 2.15. The van der Waals surface area contributed by atoms with E-state index in [1.54, 1.807) is 17.3 Å². The minimum absolute atomic E-state index is 0.0487. The van der Waals surface area contributed by atoms with Crippen LogP contribution in [0.15, 0.2) is 18.5 Å². The summed E-state index contributed by atoms with van der Waals surface area (Å²) in [6, 6.07) is 1.90. The van der Waals surface area contributed by atoms with Gasteiger partial charge in [-0.25, -0.2) is 0 Å². The largest absolute Gasteiger partial charge is 0.376 e. The van der Waals surface area contributed by atoms with Crippen LogP contribution in [0.1, 0.15) is 29.6 Å². The number of anilines is 1. The molecule has 0 aromatic carbocycles. The Bertz CT molecular complexity index is 469. The number of amides is 1. The van der Waals surface area contributed by atoms with Crippen LogP contribution in [0.2, 0.25) is 0 Å². The van der Waals surface area contributed by atoms with E-state index in [2.05, 4.69) is 9.88 Å². The first kappa shape index (κ1) is 15.8. The number of likely N-dealkylation sites (tertiary alicyclic amines) is 1. The van der Waals surface area contributed by atoms with E-state index in [-0.39, 0.29) is 5.91 Å². The SMILES string of the molecule is CN(CCCN1CCCC1)C(=O)c1cncc(N(C)C)c1. The highest BCUT2D eigenvalue weighted by atomic mass is 16.2. The maximum absolute atomic E-state index is 12.4. The van der Waals surface area contributed by atoms with Gasteiger partial charge in [0, 0.05) is 33.9 Å². The molecule has 0 aliphatic carbocycles. The molecular formula is C16H26N4O. The summed E-state index contributed by atoms with van der Waals surface area (Å²) >= 11 is 0. The van der Waals surface area contributed by atoms with Gasteiger partial charge < -0.3 is 14.7 Å².